The van der Waals surface area contributed by atoms with Crippen LogP contribution >= 0.6 is 0 Å². The highest BCUT2D eigenvalue weighted by Crippen LogP contribution is 2.36. The van der Waals surface area contributed by atoms with E-state index in [1.54, 1.807) is 0 Å². The van der Waals surface area contributed by atoms with Crippen molar-refractivity contribution < 1.29 is 4.79 Å². The predicted octanol–water partition coefficient (Wildman–Crippen LogP) is 4.69. The first-order chi connectivity index (χ1) is 9.72. The van der Waals surface area contributed by atoms with Crippen molar-refractivity contribution in [2.45, 2.75) is 38.5 Å². The molecule has 1 nitrogen and oxygen atoms in total. The first-order valence-electron chi connectivity index (χ1n) is 7.41. The van der Waals surface area contributed by atoms with Gasteiger partial charge in [0.2, 0.25) is 0 Å². The van der Waals surface area contributed by atoms with Crippen LogP contribution in [0, 0.1) is 6.92 Å². The molecule has 1 saturated carbocycles. The number of aryl methyl sites for hydroxylation is 1. The summed E-state index contributed by atoms with van der Waals surface area (Å²) < 4.78 is 0. The average Bonchev–Trinajstić information content (AvgIpc) is 2.40. The second-order valence-corrected chi connectivity index (χ2v) is 5.84. The lowest BCUT2D eigenvalue weighted by atomic mass is 9.79. The van der Waals surface area contributed by atoms with Gasteiger partial charge in [0.15, 0.2) is 5.78 Å². The third kappa shape index (κ3) is 2.82. The van der Waals surface area contributed by atoms with Crippen LogP contribution < -0.4 is 0 Å². The van der Waals surface area contributed by atoms with E-state index in [4.69, 9.17) is 0 Å². The van der Waals surface area contributed by atoms with Crippen molar-refractivity contribution in [1.82, 2.24) is 0 Å². The number of hydrogen-bond donors (Lipinski definition) is 0. The van der Waals surface area contributed by atoms with E-state index in [2.05, 4.69) is 31.2 Å². The molecule has 0 N–H and O–H groups in total. The Bertz CT molecular complexity index is 606. The van der Waals surface area contributed by atoms with Gasteiger partial charge >= 0.3 is 0 Å². The van der Waals surface area contributed by atoms with E-state index in [0.29, 0.717) is 12.3 Å². The summed E-state index contributed by atoms with van der Waals surface area (Å²) in [6.07, 6.45) is 4.37. The highest BCUT2D eigenvalue weighted by molar-refractivity contribution is 5.97. The molecule has 3 rings (SSSR count). The Morgan fingerprint density at radius 2 is 1.85 bits per heavy atom. The average molecular weight is 264 g/mol. The van der Waals surface area contributed by atoms with Gasteiger partial charge in [-0.05, 0) is 42.9 Å². The van der Waals surface area contributed by atoms with Crippen LogP contribution in [-0.4, -0.2) is 5.78 Å². The molecule has 0 aliphatic heterocycles. The largest absolute Gasteiger partial charge is 0.294 e. The summed E-state index contributed by atoms with van der Waals surface area (Å²) in [6.45, 7) is 2.06. The third-order valence-electron chi connectivity index (χ3n) is 4.27. The minimum absolute atomic E-state index is 0.218. The molecule has 2 aromatic carbocycles. The smallest absolute Gasteiger partial charge is 0.167 e. The molecule has 0 amide bonds. The van der Waals surface area contributed by atoms with E-state index in [1.165, 1.54) is 30.4 Å². The molecule has 0 saturated heterocycles. The van der Waals surface area contributed by atoms with E-state index in [-0.39, 0.29) is 5.78 Å². The molecule has 0 atom stereocenters. The SMILES string of the molecule is Cc1ccc(CC(=O)c2cccc(C3CCC3)c2)cc1. The number of benzene rings is 2. The lowest BCUT2D eigenvalue weighted by molar-refractivity contribution is 0.0993. The van der Waals surface area contributed by atoms with E-state index in [1.807, 2.05) is 24.3 Å². The molecule has 0 bridgehead atoms. The van der Waals surface area contributed by atoms with E-state index < -0.39 is 0 Å². The van der Waals surface area contributed by atoms with Crippen molar-refractivity contribution >= 4 is 5.78 Å². The van der Waals surface area contributed by atoms with Crippen LogP contribution in [0.2, 0.25) is 0 Å². The highest BCUT2D eigenvalue weighted by Gasteiger charge is 2.20. The van der Waals surface area contributed by atoms with Crippen LogP contribution in [-0.2, 0) is 6.42 Å². The molecule has 0 radical (unpaired) electrons. The normalized spacial score (nSPS) is 14.8. The molecule has 1 heteroatoms. The second-order valence-electron chi connectivity index (χ2n) is 5.84. The van der Waals surface area contributed by atoms with Crippen LogP contribution in [0.1, 0.15) is 52.2 Å². The lowest BCUT2D eigenvalue weighted by Gasteiger charge is -2.26. The summed E-state index contributed by atoms with van der Waals surface area (Å²) in [5.41, 5.74) is 4.52. The molecule has 0 spiro atoms. The van der Waals surface area contributed by atoms with Crippen LogP contribution in [0.4, 0.5) is 0 Å². The van der Waals surface area contributed by atoms with Crippen molar-refractivity contribution in [3.63, 3.8) is 0 Å². The maximum atomic E-state index is 12.4. The number of Topliss-reactive ketones (excluding diaryl/α,β-unsaturated/α-hetero) is 1. The third-order valence-corrected chi connectivity index (χ3v) is 4.27. The van der Waals surface area contributed by atoms with Crippen molar-refractivity contribution in [1.29, 1.82) is 0 Å². The van der Waals surface area contributed by atoms with Crippen LogP contribution in [0.25, 0.3) is 0 Å². The van der Waals surface area contributed by atoms with Crippen LogP contribution in [0.5, 0.6) is 0 Å². The highest BCUT2D eigenvalue weighted by atomic mass is 16.1. The van der Waals surface area contributed by atoms with Gasteiger partial charge < -0.3 is 0 Å². The summed E-state index contributed by atoms with van der Waals surface area (Å²) in [7, 11) is 0. The maximum absolute atomic E-state index is 12.4. The Labute approximate surface area is 120 Å². The fourth-order valence-corrected chi connectivity index (χ4v) is 2.70. The number of rotatable bonds is 4. The van der Waals surface area contributed by atoms with E-state index in [9.17, 15) is 4.79 Å². The summed E-state index contributed by atoms with van der Waals surface area (Å²) >= 11 is 0. The van der Waals surface area contributed by atoms with Gasteiger partial charge in [-0.25, -0.2) is 0 Å². The van der Waals surface area contributed by atoms with Gasteiger partial charge in [0.25, 0.3) is 0 Å². The molecule has 0 unspecified atom stereocenters. The van der Waals surface area contributed by atoms with Gasteiger partial charge in [0, 0.05) is 12.0 Å². The summed E-state index contributed by atoms with van der Waals surface area (Å²) in [5, 5.41) is 0. The quantitative estimate of drug-likeness (QED) is 0.732. The fraction of sp³-hybridized carbons (Fsp3) is 0.316. The number of carbonyl (C=O) groups excluding carboxylic acids is 1. The standard InChI is InChI=1S/C19H20O/c1-14-8-10-15(11-9-14)12-19(20)18-7-3-6-17(13-18)16-4-2-5-16/h3,6-11,13,16H,2,4-5,12H2,1H3. The molecule has 2 aromatic rings. The monoisotopic (exact) mass is 264 g/mol. The first kappa shape index (κ1) is 13.1. The Morgan fingerprint density at radius 3 is 2.50 bits per heavy atom. The molecular weight excluding hydrogens is 244 g/mol. The Hall–Kier alpha value is -1.89. The van der Waals surface area contributed by atoms with Gasteiger partial charge in [0.1, 0.15) is 0 Å². The zero-order valence-electron chi connectivity index (χ0n) is 11.9. The maximum Gasteiger partial charge on any atom is 0.167 e. The molecule has 1 fully saturated rings. The predicted molar refractivity (Wildman–Crippen MR) is 82.2 cm³/mol. The van der Waals surface area contributed by atoms with Crippen molar-refractivity contribution in [3.05, 3.63) is 70.8 Å². The lowest BCUT2D eigenvalue weighted by Crippen LogP contribution is -2.10. The van der Waals surface area contributed by atoms with Gasteiger partial charge in [-0.1, -0.05) is 54.4 Å². The molecule has 0 aromatic heterocycles. The zero-order chi connectivity index (χ0) is 13.9. The second kappa shape index (κ2) is 5.62. The van der Waals surface area contributed by atoms with E-state index in [0.717, 1.165) is 11.1 Å². The molecule has 20 heavy (non-hydrogen) atoms. The van der Waals surface area contributed by atoms with Crippen molar-refractivity contribution in [2.75, 3.05) is 0 Å². The van der Waals surface area contributed by atoms with Crippen molar-refractivity contribution in [3.8, 4) is 0 Å². The molecule has 0 heterocycles. The number of hydrogen-bond acceptors (Lipinski definition) is 1. The summed E-state index contributed by atoms with van der Waals surface area (Å²) in [4.78, 5) is 12.4. The number of ketones is 1. The van der Waals surface area contributed by atoms with Crippen LogP contribution in [0.3, 0.4) is 0 Å². The fourth-order valence-electron chi connectivity index (χ4n) is 2.70. The number of carbonyl (C=O) groups is 1. The van der Waals surface area contributed by atoms with E-state index >= 15 is 0 Å². The topological polar surface area (TPSA) is 17.1 Å². The molecule has 1 aliphatic carbocycles. The minimum atomic E-state index is 0.218. The Kier molecular flexibility index (Phi) is 3.68. The molecular formula is C19H20O. The van der Waals surface area contributed by atoms with Gasteiger partial charge in [0.05, 0.1) is 0 Å². The van der Waals surface area contributed by atoms with Gasteiger partial charge in [-0.15, -0.1) is 0 Å². The summed E-state index contributed by atoms with van der Waals surface area (Å²) in [6, 6.07) is 16.4. The van der Waals surface area contributed by atoms with Crippen molar-refractivity contribution in [2.24, 2.45) is 0 Å². The van der Waals surface area contributed by atoms with Gasteiger partial charge in [-0.2, -0.15) is 0 Å². The first-order valence-corrected chi connectivity index (χ1v) is 7.41. The minimum Gasteiger partial charge on any atom is -0.294 e. The van der Waals surface area contributed by atoms with Crippen LogP contribution in [0.15, 0.2) is 48.5 Å². The Balaban J connectivity index is 1.74. The van der Waals surface area contributed by atoms with Gasteiger partial charge in [-0.3, -0.25) is 4.79 Å². The zero-order valence-corrected chi connectivity index (χ0v) is 11.9. The Morgan fingerprint density at radius 1 is 1.10 bits per heavy atom. The summed E-state index contributed by atoms with van der Waals surface area (Å²) in [5.74, 6) is 0.900. The molecule has 102 valence electrons. The molecule has 1 aliphatic rings.